The number of hydrogen-bond donors (Lipinski definition) is 1. The molecule has 0 spiro atoms. The number of para-hydroxylation sites is 1. The minimum absolute atomic E-state index is 0.0278. The highest BCUT2D eigenvalue weighted by molar-refractivity contribution is 5.95. The van der Waals surface area contributed by atoms with Crippen LogP contribution in [0.2, 0.25) is 0 Å². The molecule has 3 aromatic rings. The van der Waals surface area contributed by atoms with Crippen molar-refractivity contribution in [3.05, 3.63) is 65.9 Å². The van der Waals surface area contributed by atoms with Crippen LogP contribution in [-0.4, -0.2) is 27.5 Å². The van der Waals surface area contributed by atoms with E-state index in [4.69, 9.17) is 0 Å². The summed E-state index contributed by atoms with van der Waals surface area (Å²) in [4.78, 5) is 18.3. The third-order valence-corrected chi connectivity index (χ3v) is 4.44. The highest BCUT2D eigenvalue weighted by Gasteiger charge is 2.20. The zero-order valence-corrected chi connectivity index (χ0v) is 14.5. The highest BCUT2D eigenvalue weighted by atomic mass is 16.1. The molecular weight excluding hydrogens is 326 g/mol. The summed E-state index contributed by atoms with van der Waals surface area (Å²) in [6.07, 6.45) is 3.70. The number of hydrogen-bond acceptors (Lipinski definition) is 6. The summed E-state index contributed by atoms with van der Waals surface area (Å²) in [5.41, 5.74) is 3.89. The van der Waals surface area contributed by atoms with Gasteiger partial charge in [0.15, 0.2) is 11.6 Å². The van der Waals surface area contributed by atoms with Gasteiger partial charge in [-0.3, -0.25) is 4.79 Å². The molecule has 4 rings (SSSR count). The molecule has 1 aromatic heterocycles. The van der Waals surface area contributed by atoms with Crippen LogP contribution in [0.25, 0.3) is 0 Å². The number of fused-ring (bicyclic) bond motifs is 1. The number of anilines is 4. The van der Waals surface area contributed by atoms with Crippen molar-refractivity contribution in [2.75, 3.05) is 16.8 Å². The second kappa shape index (κ2) is 6.92. The first-order valence-electron chi connectivity index (χ1n) is 8.64. The second-order valence-electron chi connectivity index (χ2n) is 6.29. The van der Waals surface area contributed by atoms with Gasteiger partial charge in [0.1, 0.15) is 0 Å². The van der Waals surface area contributed by atoms with Crippen LogP contribution < -0.4 is 10.2 Å². The SMILES string of the molecule is CC(=O)c1cccc(Nc2cnnc(N3CCCc4ccccc43)n2)c1. The Hall–Kier alpha value is -3.28. The Morgan fingerprint density at radius 3 is 2.92 bits per heavy atom. The van der Waals surface area contributed by atoms with Gasteiger partial charge in [-0.2, -0.15) is 10.1 Å². The van der Waals surface area contributed by atoms with Crippen LogP contribution in [0.15, 0.2) is 54.7 Å². The number of carbonyl (C=O) groups excluding carboxylic acids is 1. The molecule has 0 aliphatic carbocycles. The zero-order chi connectivity index (χ0) is 17.9. The lowest BCUT2D eigenvalue weighted by Crippen LogP contribution is -2.26. The topological polar surface area (TPSA) is 71.0 Å². The van der Waals surface area contributed by atoms with Crippen LogP contribution in [0, 0.1) is 0 Å². The smallest absolute Gasteiger partial charge is 0.251 e. The fraction of sp³-hybridized carbons (Fsp3) is 0.200. The van der Waals surface area contributed by atoms with E-state index < -0.39 is 0 Å². The monoisotopic (exact) mass is 345 g/mol. The molecule has 0 fully saturated rings. The second-order valence-corrected chi connectivity index (χ2v) is 6.29. The van der Waals surface area contributed by atoms with E-state index in [1.807, 2.05) is 18.2 Å². The van der Waals surface area contributed by atoms with E-state index in [9.17, 15) is 4.79 Å². The number of ketones is 1. The molecule has 130 valence electrons. The molecule has 0 unspecified atom stereocenters. The van der Waals surface area contributed by atoms with Crippen molar-refractivity contribution in [1.29, 1.82) is 0 Å². The van der Waals surface area contributed by atoms with Gasteiger partial charge in [0.25, 0.3) is 5.95 Å². The normalized spacial score (nSPS) is 13.2. The molecule has 6 heteroatoms. The van der Waals surface area contributed by atoms with Gasteiger partial charge in [0.05, 0.1) is 6.20 Å². The first-order valence-corrected chi connectivity index (χ1v) is 8.64. The summed E-state index contributed by atoms with van der Waals surface area (Å²) in [7, 11) is 0. The molecule has 0 radical (unpaired) electrons. The van der Waals surface area contributed by atoms with E-state index in [2.05, 4.69) is 43.6 Å². The minimum Gasteiger partial charge on any atom is -0.339 e. The minimum atomic E-state index is 0.0278. The number of rotatable bonds is 4. The molecule has 26 heavy (non-hydrogen) atoms. The van der Waals surface area contributed by atoms with Crippen LogP contribution in [-0.2, 0) is 6.42 Å². The summed E-state index contributed by atoms with van der Waals surface area (Å²) in [5, 5.41) is 11.5. The Morgan fingerprint density at radius 1 is 1.15 bits per heavy atom. The Balaban J connectivity index is 1.62. The Morgan fingerprint density at radius 2 is 2.04 bits per heavy atom. The molecule has 0 bridgehead atoms. The van der Waals surface area contributed by atoms with E-state index in [-0.39, 0.29) is 5.78 Å². The number of nitrogens with zero attached hydrogens (tertiary/aromatic N) is 4. The molecule has 1 N–H and O–H groups in total. The summed E-state index contributed by atoms with van der Waals surface area (Å²) in [5.74, 6) is 1.20. The third kappa shape index (κ3) is 3.26. The number of Topliss-reactive ketones (excluding diaryl/α,β-unsaturated/α-hetero) is 1. The van der Waals surface area contributed by atoms with E-state index in [1.165, 1.54) is 5.56 Å². The Kier molecular flexibility index (Phi) is 4.31. The van der Waals surface area contributed by atoms with Crippen molar-refractivity contribution < 1.29 is 4.79 Å². The zero-order valence-electron chi connectivity index (χ0n) is 14.5. The number of benzene rings is 2. The van der Waals surface area contributed by atoms with E-state index in [0.29, 0.717) is 17.3 Å². The highest BCUT2D eigenvalue weighted by Crippen LogP contribution is 2.31. The summed E-state index contributed by atoms with van der Waals surface area (Å²) >= 11 is 0. The standard InChI is InChI=1S/C20H19N5O/c1-14(26)16-7-4-9-17(12-16)22-19-13-21-24-20(23-19)25-11-5-8-15-6-2-3-10-18(15)25/h2-4,6-7,9-10,12-13H,5,8,11H2,1H3,(H,22,23,24). The molecule has 1 aliphatic heterocycles. The van der Waals surface area contributed by atoms with Gasteiger partial charge in [0.2, 0.25) is 0 Å². The van der Waals surface area contributed by atoms with Gasteiger partial charge in [-0.25, -0.2) is 0 Å². The van der Waals surface area contributed by atoms with Crippen molar-refractivity contribution in [1.82, 2.24) is 15.2 Å². The van der Waals surface area contributed by atoms with Crippen LogP contribution in [0.1, 0.15) is 29.3 Å². The molecule has 6 nitrogen and oxygen atoms in total. The molecule has 2 heterocycles. The maximum Gasteiger partial charge on any atom is 0.251 e. The van der Waals surface area contributed by atoms with Crippen LogP contribution >= 0.6 is 0 Å². The van der Waals surface area contributed by atoms with Gasteiger partial charge in [0, 0.05) is 23.5 Å². The van der Waals surface area contributed by atoms with Crippen molar-refractivity contribution in [2.24, 2.45) is 0 Å². The largest absolute Gasteiger partial charge is 0.339 e. The van der Waals surface area contributed by atoms with Crippen molar-refractivity contribution >= 4 is 28.9 Å². The average Bonchev–Trinajstić information content (AvgIpc) is 2.68. The van der Waals surface area contributed by atoms with Gasteiger partial charge in [-0.15, -0.1) is 5.10 Å². The summed E-state index contributed by atoms with van der Waals surface area (Å²) < 4.78 is 0. The van der Waals surface area contributed by atoms with Crippen LogP contribution in [0.3, 0.4) is 0 Å². The van der Waals surface area contributed by atoms with E-state index in [0.717, 1.165) is 30.8 Å². The summed E-state index contributed by atoms with van der Waals surface area (Å²) in [6, 6.07) is 15.7. The maximum absolute atomic E-state index is 11.6. The first kappa shape index (κ1) is 16.2. The van der Waals surface area contributed by atoms with E-state index in [1.54, 1.807) is 25.3 Å². The van der Waals surface area contributed by atoms with Crippen molar-refractivity contribution in [3.8, 4) is 0 Å². The molecule has 2 aromatic carbocycles. The molecule has 0 saturated carbocycles. The van der Waals surface area contributed by atoms with Gasteiger partial charge < -0.3 is 10.2 Å². The average molecular weight is 345 g/mol. The Labute approximate surface area is 151 Å². The van der Waals surface area contributed by atoms with Gasteiger partial charge in [-0.1, -0.05) is 30.3 Å². The first-order chi connectivity index (χ1) is 12.7. The van der Waals surface area contributed by atoms with Gasteiger partial charge >= 0.3 is 0 Å². The molecule has 0 amide bonds. The molecule has 0 atom stereocenters. The number of carbonyl (C=O) groups is 1. The lowest BCUT2D eigenvalue weighted by Gasteiger charge is -2.29. The van der Waals surface area contributed by atoms with Crippen molar-refractivity contribution in [2.45, 2.75) is 19.8 Å². The van der Waals surface area contributed by atoms with Crippen LogP contribution in [0.4, 0.5) is 23.1 Å². The fourth-order valence-corrected chi connectivity index (χ4v) is 3.17. The van der Waals surface area contributed by atoms with E-state index >= 15 is 0 Å². The maximum atomic E-state index is 11.6. The lowest BCUT2D eigenvalue weighted by molar-refractivity contribution is 0.101. The summed E-state index contributed by atoms with van der Waals surface area (Å²) in [6.45, 7) is 2.42. The predicted octanol–water partition coefficient (Wildman–Crippen LogP) is 3.90. The number of aryl methyl sites for hydroxylation is 1. The quantitative estimate of drug-likeness (QED) is 0.723. The number of nitrogens with one attached hydrogen (secondary N) is 1. The van der Waals surface area contributed by atoms with Gasteiger partial charge in [-0.05, 0) is 43.5 Å². The molecule has 0 saturated heterocycles. The predicted molar refractivity (Wildman–Crippen MR) is 101 cm³/mol. The third-order valence-electron chi connectivity index (χ3n) is 4.44. The lowest BCUT2D eigenvalue weighted by atomic mass is 10.0. The van der Waals surface area contributed by atoms with Crippen molar-refractivity contribution in [3.63, 3.8) is 0 Å². The molecular formula is C20H19N5O. The molecule has 1 aliphatic rings. The fourth-order valence-electron chi connectivity index (χ4n) is 3.17. The van der Waals surface area contributed by atoms with Crippen LogP contribution in [0.5, 0.6) is 0 Å². The Bertz CT molecular complexity index is 956. The number of aromatic nitrogens is 3.